The topological polar surface area (TPSA) is 43.9 Å². The zero-order valence-electron chi connectivity index (χ0n) is 29.7. The quantitative estimate of drug-likeness (QED) is 0.174. The number of benzene rings is 6. The Morgan fingerprint density at radius 1 is 0.520 bits per heavy atom. The van der Waals surface area contributed by atoms with Gasteiger partial charge in [0.05, 0.1) is 16.6 Å². The van der Waals surface area contributed by atoms with Crippen molar-refractivity contribution in [2.75, 3.05) is 0 Å². The summed E-state index contributed by atoms with van der Waals surface area (Å²) in [5, 5.41) is 5.93. The molecule has 9 aromatic rings. The molecule has 0 radical (unpaired) electrons. The van der Waals surface area contributed by atoms with E-state index in [4.69, 9.17) is 14.4 Å². The molecule has 4 heteroatoms. The zero-order chi connectivity index (χ0) is 35.0. The number of hydrogen-bond acceptors (Lipinski definition) is 3. The van der Waals surface area contributed by atoms with Crippen molar-refractivity contribution >= 4 is 54.6 Å². The van der Waals surface area contributed by atoms with Crippen molar-refractivity contribution < 1.29 is 4.42 Å². The van der Waals surface area contributed by atoms with E-state index >= 15 is 0 Å². The smallest absolute Gasteiger partial charge is 0.162 e. The van der Waals surface area contributed by atoms with E-state index in [1.54, 1.807) is 0 Å². The number of hydrogen-bond donors (Lipinski definition) is 0. The molecule has 0 aliphatic heterocycles. The molecule has 0 atom stereocenters. The lowest BCUT2D eigenvalue weighted by Crippen LogP contribution is -2.03. The lowest BCUT2D eigenvalue weighted by atomic mass is 10.1. The summed E-state index contributed by atoms with van der Waals surface area (Å²) in [6.45, 7) is 12.2. The molecule has 0 unspecified atom stereocenters. The summed E-state index contributed by atoms with van der Waals surface area (Å²) < 4.78 is 8.09. The van der Waals surface area contributed by atoms with Gasteiger partial charge in [0.15, 0.2) is 5.82 Å². The molecule has 0 N–H and O–H groups in total. The average Bonchev–Trinajstić information content (AvgIpc) is 3.74. The number of aromatic nitrogens is 3. The zero-order valence-corrected chi connectivity index (χ0v) is 29.7. The van der Waals surface area contributed by atoms with Crippen LogP contribution in [0.2, 0.25) is 0 Å². The first-order chi connectivity index (χ1) is 24.6. The molecule has 0 aliphatic carbocycles. The molecule has 0 spiro atoms. The molecule has 0 amide bonds. The lowest BCUT2D eigenvalue weighted by molar-refractivity contribution is 0.666. The fraction of sp³-hybridized carbons (Fsp3) is 0.130. The van der Waals surface area contributed by atoms with Crippen LogP contribution < -0.4 is 0 Å². The van der Waals surface area contributed by atoms with Gasteiger partial charge in [-0.3, -0.25) is 4.57 Å². The van der Waals surface area contributed by atoms with E-state index in [9.17, 15) is 0 Å². The number of fused-ring (bicyclic) bond motifs is 7. The van der Waals surface area contributed by atoms with Crippen LogP contribution in [0, 0.1) is 13.8 Å². The third-order valence-corrected chi connectivity index (χ3v) is 8.66. The molecule has 50 heavy (non-hydrogen) atoms. The van der Waals surface area contributed by atoms with Gasteiger partial charge in [0.1, 0.15) is 17.0 Å². The monoisotopic (exact) mass is 653 g/mol. The summed E-state index contributed by atoms with van der Waals surface area (Å²) in [7, 11) is 0. The normalized spacial score (nSPS) is 10.9. The number of aryl methyl sites for hydroxylation is 2. The molecule has 4 nitrogen and oxygen atoms in total. The van der Waals surface area contributed by atoms with E-state index in [-0.39, 0.29) is 0 Å². The SMILES string of the molecule is C/C=C\C.CC.Cc1cccc2c1oc1ccccc12.Cc1cccc2c3ccccc3n(-c3nc(-c4ccccc4)nc4ccccc34)c12. The van der Waals surface area contributed by atoms with Crippen LogP contribution in [0.25, 0.3) is 71.9 Å². The molecule has 248 valence electrons. The second-order valence-electron chi connectivity index (χ2n) is 11.8. The van der Waals surface area contributed by atoms with Crippen molar-refractivity contribution in [3.05, 3.63) is 163 Å². The molecule has 0 fully saturated rings. The van der Waals surface area contributed by atoms with Crippen molar-refractivity contribution in [2.45, 2.75) is 41.5 Å². The summed E-state index contributed by atoms with van der Waals surface area (Å²) >= 11 is 0. The number of furan rings is 1. The Labute approximate surface area is 294 Å². The molecule has 0 saturated heterocycles. The number of nitrogens with zero attached hydrogens (tertiary/aromatic N) is 3. The van der Waals surface area contributed by atoms with Gasteiger partial charge in [-0.05, 0) is 63.1 Å². The minimum Gasteiger partial charge on any atom is -0.456 e. The summed E-state index contributed by atoms with van der Waals surface area (Å²) in [5.74, 6) is 1.66. The summed E-state index contributed by atoms with van der Waals surface area (Å²) in [5.41, 5.74) is 8.71. The molecular weight excluding hydrogens is 611 g/mol. The Morgan fingerprint density at radius 3 is 1.84 bits per heavy atom. The van der Waals surface area contributed by atoms with Gasteiger partial charge in [0.2, 0.25) is 0 Å². The lowest BCUT2D eigenvalue weighted by Gasteiger charge is -2.13. The highest BCUT2D eigenvalue weighted by Crippen LogP contribution is 2.36. The molecule has 9 rings (SSSR count). The minimum absolute atomic E-state index is 0.740. The van der Waals surface area contributed by atoms with E-state index in [2.05, 4.69) is 115 Å². The largest absolute Gasteiger partial charge is 0.456 e. The highest BCUT2D eigenvalue weighted by atomic mass is 16.3. The van der Waals surface area contributed by atoms with E-state index in [1.807, 2.05) is 82.3 Å². The van der Waals surface area contributed by atoms with E-state index in [1.165, 1.54) is 38.2 Å². The Kier molecular flexibility index (Phi) is 10.5. The molecule has 6 aromatic carbocycles. The van der Waals surface area contributed by atoms with Gasteiger partial charge in [-0.2, -0.15) is 0 Å². The van der Waals surface area contributed by atoms with Gasteiger partial charge in [-0.15, -0.1) is 0 Å². The predicted molar refractivity (Wildman–Crippen MR) is 214 cm³/mol. The van der Waals surface area contributed by atoms with Crippen LogP contribution in [-0.4, -0.2) is 14.5 Å². The molecule has 0 bridgehead atoms. The number of para-hydroxylation sites is 5. The highest BCUT2D eigenvalue weighted by Gasteiger charge is 2.18. The first kappa shape index (κ1) is 33.9. The van der Waals surface area contributed by atoms with Gasteiger partial charge in [-0.1, -0.05) is 141 Å². The Bertz CT molecular complexity index is 2550. The van der Waals surface area contributed by atoms with Crippen molar-refractivity contribution in [1.82, 2.24) is 14.5 Å². The summed E-state index contributed by atoms with van der Waals surface area (Å²) in [6.07, 6.45) is 4.00. The average molecular weight is 654 g/mol. The molecule has 3 heterocycles. The van der Waals surface area contributed by atoms with Gasteiger partial charge >= 0.3 is 0 Å². The maximum atomic E-state index is 5.78. The molecule has 3 aromatic heterocycles. The first-order valence-corrected chi connectivity index (χ1v) is 17.3. The molecule has 0 saturated carbocycles. The van der Waals surface area contributed by atoms with Crippen LogP contribution in [0.3, 0.4) is 0 Å². The van der Waals surface area contributed by atoms with Gasteiger partial charge < -0.3 is 4.42 Å². The maximum absolute atomic E-state index is 5.78. The van der Waals surface area contributed by atoms with E-state index in [0.29, 0.717) is 0 Å². The summed E-state index contributed by atoms with van der Waals surface area (Å²) in [6, 6.07) is 47.9. The van der Waals surface area contributed by atoms with E-state index < -0.39 is 0 Å². The van der Waals surface area contributed by atoms with Crippen molar-refractivity contribution in [3.8, 4) is 17.2 Å². The number of allylic oxidation sites excluding steroid dienone is 2. The van der Waals surface area contributed by atoms with Crippen LogP contribution in [-0.2, 0) is 0 Å². The first-order valence-electron chi connectivity index (χ1n) is 17.3. The molecular formula is C46H43N3O. The van der Waals surface area contributed by atoms with Crippen LogP contribution >= 0.6 is 0 Å². The second-order valence-corrected chi connectivity index (χ2v) is 11.8. The standard InChI is InChI=1S/C27H19N3.C13H10O.C4H8.C2H6/c1-18-10-9-15-21-20-13-6-8-17-24(20)30(25(18)21)27-22-14-5-7-16-23(22)28-26(29-27)19-11-3-2-4-12-19;1-9-5-4-7-11-10-6-2-3-8-12(10)14-13(9)11;1-3-4-2;1-2/h2-17H,1H3;2-8H,1H3;3-4H,1-2H3;1-2H3/b;;4-3-;. The third kappa shape index (κ3) is 6.53. The Hall–Kier alpha value is -6.00. The Balaban J connectivity index is 0.000000179. The van der Waals surface area contributed by atoms with Crippen LogP contribution in [0.4, 0.5) is 0 Å². The second kappa shape index (κ2) is 15.5. The van der Waals surface area contributed by atoms with Crippen LogP contribution in [0.15, 0.2) is 156 Å². The number of rotatable bonds is 2. The highest BCUT2D eigenvalue weighted by molar-refractivity contribution is 6.11. The predicted octanol–water partition coefficient (Wildman–Crippen LogP) is 13.2. The van der Waals surface area contributed by atoms with Gasteiger partial charge in [0.25, 0.3) is 0 Å². The van der Waals surface area contributed by atoms with Crippen LogP contribution in [0.5, 0.6) is 0 Å². The van der Waals surface area contributed by atoms with Gasteiger partial charge in [-0.25, -0.2) is 9.97 Å². The molecule has 0 aliphatic rings. The van der Waals surface area contributed by atoms with Crippen molar-refractivity contribution in [1.29, 1.82) is 0 Å². The van der Waals surface area contributed by atoms with Gasteiger partial charge in [0, 0.05) is 32.5 Å². The van der Waals surface area contributed by atoms with Crippen molar-refractivity contribution in [2.24, 2.45) is 0 Å². The minimum atomic E-state index is 0.740. The van der Waals surface area contributed by atoms with Crippen molar-refractivity contribution in [3.63, 3.8) is 0 Å². The third-order valence-electron chi connectivity index (χ3n) is 8.66. The Morgan fingerprint density at radius 2 is 1.10 bits per heavy atom. The van der Waals surface area contributed by atoms with Crippen LogP contribution in [0.1, 0.15) is 38.8 Å². The fourth-order valence-electron chi connectivity index (χ4n) is 6.24. The summed E-state index contributed by atoms with van der Waals surface area (Å²) in [4.78, 5) is 9.98. The maximum Gasteiger partial charge on any atom is 0.162 e. The fourth-order valence-corrected chi connectivity index (χ4v) is 6.24. The van der Waals surface area contributed by atoms with E-state index in [0.717, 1.165) is 44.8 Å².